The molecule has 0 unspecified atom stereocenters. The Kier molecular flexibility index (Phi) is 4.33. The smallest absolute Gasteiger partial charge is 0.251 e. The molecule has 2 aliphatic heterocycles. The first kappa shape index (κ1) is 17.5. The molecule has 0 spiro atoms. The summed E-state index contributed by atoms with van der Waals surface area (Å²) < 4.78 is 6.47. The van der Waals surface area contributed by atoms with Gasteiger partial charge in [-0.05, 0) is 12.5 Å². The molecule has 2 aliphatic rings. The Balaban J connectivity index is 1.72. The van der Waals surface area contributed by atoms with E-state index in [1.807, 2.05) is 6.07 Å². The Morgan fingerprint density at radius 1 is 1.30 bits per heavy atom. The third kappa shape index (κ3) is 3.05. The van der Waals surface area contributed by atoms with Crippen molar-refractivity contribution in [2.24, 2.45) is 5.92 Å². The van der Waals surface area contributed by atoms with E-state index in [1.165, 1.54) is 12.3 Å². The van der Waals surface area contributed by atoms with Crippen LogP contribution in [-0.2, 0) is 16.1 Å². The summed E-state index contributed by atoms with van der Waals surface area (Å²) in [4.78, 5) is 41.3. The molecule has 2 aromatic heterocycles. The van der Waals surface area contributed by atoms with Crippen LogP contribution in [0.25, 0.3) is 0 Å². The topological polar surface area (TPSA) is 88.7 Å². The lowest BCUT2D eigenvalue weighted by Gasteiger charge is -2.46. The highest BCUT2D eigenvalue weighted by atomic mass is 16.5. The molecule has 142 valence electrons. The Bertz CT molecular complexity index is 920. The molecule has 1 saturated heterocycles. The molecule has 8 heteroatoms. The Labute approximate surface area is 156 Å². The molecular formula is C19H22N4O4. The number of hydrogen-bond acceptors (Lipinski definition) is 5. The van der Waals surface area contributed by atoms with E-state index in [9.17, 15) is 14.4 Å². The van der Waals surface area contributed by atoms with Gasteiger partial charge in [0.25, 0.3) is 5.56 Å². The van der Waals surface area contributed by atoms with Crippen molar-refractivity contribution in [1.82, 2.24) is 19.5 Å². The van der Waals surface area contributed by atoms with Crippen LogP contribution in [0.1, 0.15) is 36.7 Å². The predicted molar refractivity (Wildman–Crippen MR) is 95.8 cm³/mol. The van der Waals surface area contributed by atoms with Crippen LogP contribution in [0.15, 0.2) is 39.8 Å². The lowest BCUT2D eigenvalue weighted by atomic mass is 9.78. The molecule has 3 atom stereocenters. The van der Waals surface area contributed by atoms with Crippen LogP contribution in [0.2, 0.25) is 0 Å². The number of carbonyl (C=O) groups excluding carboxylic acids is 2. The molecule has 0 saturated carbocycles. The summed E-state index contributed by atoms with van der Waals surface area (Å²) in [5.74, 6) is -0.168. The number of hydrogen-bond donors (Lipinski definition) is 0. The summed E-state index contributed by atoms with van der Waals surface area (Å²) in [5.41, 5.74) is 1.30. The molecule has 27 heavy (non-hydrogen) atoms. The largest absolute Gasteiger partial charge is 0.364 e. The maximum atomic E-state index is 13.3. The number of aromatic nitrogens is 2. The second kappa shape index (κ2) is 6.68. The molecule has 2 bridgehead atoms. The predicted octanol–water partition coefficient (Wildman–Crippen LogP) is 1.00. The van der Waals surface area contributed by atoms with E-state index in [2.05, 4.69) is 5.16 Å². The second-order valence-corrected chi connectivity index (χ2v) is 7.41. The molecule has 0 N–H and O–H groups in total. The first-order valence-electron chi connectivity index (χ1n) is 9.07. The van der Waals surface area contributed by atoms with Crippen molar-refractivity contribution >= 4 is 11.8 Å². The Morgan fingerprint density at radius 2 is 2.11 bits per heavy atom. The number of fused-ring (bicyclic) bond motifs is 4. The van der Waals surface area contributed by atoms with Gasteiger partial charge in [0.1, 0.15) is 18.0 Å². The average Bonchev–Trinajstić information content (AvgIpc) is 3.15. The Morgan fingerprint density at radius 3 is 2.81 bits per heavy atom. The van der Waals surface area contributed by atoms with Gasteiger partial charge in [0.15, 0.2) is 0 Å². The van der Waals surface area contributed by atoms with Gasteiger partial charge in [-0.25, -0.2) is 0 Å². The van der Waals surface area contributed by atoms with Crippen LogP contribution in [0.5, 0.6) is 0 Å². The molecule has 0 aliphatic carbocycles. The van der Waals surface area contributed by atoms with E-state index >= 15 is 0 Å². The molecule has 1 fully saturated rings. The number of piperidine rings is 1. The van der Waals surface area contributed by atoms with Gasteiger partial charge in [-0.3, -0.25) is 19.0 Å². The quantitative estimate of drug-likeness (QED) is 0.804. The monoisotopic (exact) mass is 370 g/mol. The third-order valence-corrected chi connectivity index (χ3v) is 5.61. The van der Waals surface area contributed by atoms with Crippen LogP contribution in [0, 0.1) is 5.92 Å². The average molecular weight is 370 g/mol. The lowest BCUT2D eigenvalue weighted by molar-refractivity contribution is -0.141. The van der Waals surface area contributed by atoms with Gasteiger partial charge in [-0.15, -0.1) is 0 Å². The fourth-order valence-corrected chi connectivity index (χ4v) is 4.37. The summed E-state index contributed by atoms with van der Waals surface area (Å²) in [6.07, 6.45) is 2.26. The van der Waals surface area contributed by atoms with Gasteiger partial charge in [0.2, 0.25) is 11.8 Å². The zero-order chi connectivity index (χ0) is 19.1. The number of nitrogens with zero attached hydrogens (tertiary/aromatic N) is 4. The maximum absolute atomic E-state index is 13.3. The van der Waals surface area contributed by atoms with Crippen molar-refractivity contribution in [1.29, 1.82) is 0 Å². The van der Waals surface area contributed by atoms with Crippen molar-refractivity contribution in [3.63, 3.8) is 0 Å². The maximum Gasteiger partial charge on any atom is 0.251 e. The zero-order valence-corrected chi connectivity index (χ0v) is 15.4. The minimum absolute atomic E-state index is 0.00132. The summed E-state index contributed by atoms with van der Waals surface area (Å²) in [6.45, 7) is 2.92. The highest BCUT2D eigenvalue weighted by molar-refractivity contribution is 5.81. The fraction of sp³-hybridized carbons (Fsp3) is 0.474. The molecule has 0 radical (unpaired) electrons. The minimum atomic E-state index is -0.621. The van der Waals surface area contributed by atoms with Crippen molar-refractivity contribution in [2.45, 2.75) is 31.8 Å². The third-order valence-electron chi connectivity index (χ3n) is 5.61. The highest BCUT2D eigenvalue weighted by Gasteiger charge is 2.45. The second-order valence-electron chi connectivity index (χ2n) is 7.41. The van der Waals surface area contributed by atoms with Gasteiger partial charge in [0.05, 0.1) is 6.54 Å². The van der Waals surface area contributed by atoms with Crippen LogP contribution in [0.4, 0.5) is 0 Å². The Hall–Kier alpha value is -2.90. The minimum Gasteiger partial charge on any atom is -0.364 e. The normalized spacial score (nSPS) is 23.6. The summed E-state index contributed by atoms with van der Waals surface area (Å²) in [7, 11) is 1.70. The van der Waals surface area contributed by atoms with E-state index < -0.39 is 6.04 Å². The lowest BCUT2D eigenvalue weighted by Crippen LogP contribution is -2.54. The number of pyridine rings is 1. The van der Waals surface area contributed by atoms with Crippen molar-refractivity contribution in [3.8, 4) is 0 Å². The van der Waals surface area contributed by atoms with E-state index in [-0.39, 0.29) is 29.2 Å². The summed E-state index contributed by atoms with van der Waals surface area (Å²) in [6, 6.07) is 6.19. The molecule has 2 aromatic rings. The van der Waals surface area contributed by atoms with E-state index in [0.29, 0.717) is 25.3 Å². The van der Waals surface area contributed by atoms with Gasteiger partial charge >= 0.3 is 0 Å². The number of carbonyl (C=O) groups is 2. The van der Waals surface area contributed by atoms with Crippen LogP contribution in [0.3, 0.4) is 0 Å². The zero-order valence-electron chi connectivity index (χ0n) is 15.4. The summed E-state index contributed by atoms with van der Waals surface area (Å²) in [5, 5.41) is 3.85. The van der Waals surface area contributed by atoms with Crippen molar-refractivity contribution in [2.75, 3.05) is 20.1 Å². The standard InChI is InChI=1S/C19H22N4O4/c1-12(24)22-9-13-8-14(10-22)18(23-16(13)4-3-5-17(23)25)19(26)21(2)11-15-6-7-27-20-15/h3-7,13-14,18H,8-11H2,1-2H3/t13-,14+,18-/m1/s1. The van der Waals surface area contributed by atoms with Gasteiger partial charge in [-0.2, -0.15) is 0 Å². The number of rotatable bonds is 3. The van der Waals surface area contributed by atoms with Gasteiger partial charge in [-0.1, -0.05) is 11.2 Å². The van der Waals surface area contributed by atoms with Gasteiger partial charge in [0, 0.05) is 56.7 Å². The molecule has 8 nitrogen and oxygen atoms in total. The first-order valence-corrected chi connectivity index (χ1v) is 9.07. The highest BCUT2D eigenvalue weighted by Crippen LogP contribution is 2.41. The summed E-state index contributed by atoms with van der Waals surface area (Å²) >= 11 is 0. The molecular weight excluding hydrogens is 348 g/mol. The molecule has 4 rings (SSSR count). The number of amides is 2. The van der Waals surface area contributed by atoms with Crippen molar-refractivity contribution in [3.05, 3.63) is 52.3 Å². The number of likely N-dealkylation sites (tertiary alicyclic amines) is 1. The van der Waals surface area contributed by atoms with E-state index in [1.54, 1.807) is 40.5 Å². The van der Waals surface area contributed by atoms with Crippen LogP contribution in [-0.4, -0.2) is 51.5 Å². The van der Waals surface area contributed by atoms with Crippen LogP contribution < -0.4 is 5.56 Å². The molecule has 2 amide bonds. The SMILES string of the molecule is CC(=O)N1C[C@H]2C[C@@H](C1)[C@H](C(=O)N(C)Cc1ccon1)n1c2cccc1=O. The van der Waals surface area contributed by atoms with E-state index in [4.69, 9.17) is 4.52 Å². The number of likely N-dealkylation sites (N-methyl/N-ethyl adjacent to an activating group) is 1. The van der Waals surface area contributed by atoms with Crippen molar-refractivity contribution < 1.29 is 14.1 Å². The molecule has 4 heterocycles. The van der Waals surface area contributed by atoms with Crippen LogP contribution >= 0.6 is 0 Å². The molecule has 0 aromatic carbocycles. The van der Waals surface area contributed by atoms with E-state index in [0.717, 1.165) is 12.1 Å². The first-order chi connectivity index (χ1) is 13.0. The fourth-order valence-electron chi connectivity index (χ4n) is 4.37. The van der Waals surface area contributed by atoms with Gasteiger partial charge < -0.3 is 14.3 Å².